The summed E-state index contributed by atoms with van der Waals surface area (Å²) in [5, 5.41) is 12.6. The molecule has 0 aliphatic heterocycles. The Bertz CT molecular complexity index is 4000. The predicted molar refractivity (Wildman–Crippen MR) is 263 cm³/mol. The van der Waals surface area contributed by atoms with Crippen molar-refractivity contribution in [1.82, 2.24) is 9.13 Å². The summed E-state index contributed by atoms with van der Waals surface area (Å²) in [5.41, 5.74) is 17.3. The number of hydrogen-bond acceptors (Lipinski definition) is 0. The topological polar surface area (TPSA) is 9.86 Å². The zero-order chi connectivity index (χ0) is 40.5. The third-order valence-electron chi connectivity index (χ3n) is 13.6. The lowest BCUT2D eigenvalue weighted by Crippen LogP contribution is -1.95. The molecule has 2 heterocycles. The maximum Gasteiger partial charge on any atom is 0.0619 e. The molecule has 62 heavy (non-hydrogen) atoms. The molecule has 1 aliphatic carbocycles. The molecule has 0 N–H and O–H groups in total. The van der Waals surface area contributed by atoms with Gasteiger partial charge in [0.25, 0.3) is 0 Å². The van der Waals surface area contributed by atoms with Gasteiger partial charge in [0.05, 0.1) is 22.1 Å². The van der Waals surface area contributed by atoms with Crippen LogP contribution in [0.25, 0.3) is 132 Å². The van der Waals surface area contributed by atoms with Crippen LogP contribution < -0.4 is 0 Å². The van der Waals surface area contributed by atoms with E-state index in [0.717, 1.165) is 11.4 Å². The highest BCUT2D eigenvalue weighted by atomic mass is 15.0. The number of para-hydroxylation sites is 2. The Morgan fingerprint density at radius 1 is 0.242 bits per heavy atom. The van der Waals surface area contributed by atoms with Crippen molar-refractivity contribution in [2.75, 3.05) is 0 Å². The molecule has 11 aromatic carbocycles. The van der Waals surface area contributed by atoms with Crippen molar-refractivity contribution in [2.24, 2.45) is 0 Å². The number of rotatable bonds is 4. The first-order chi connectivity index (χ1) is 30.7. The lowest BCUT2D eigenvalue weighted by Gasteiger charge is -2.14. The summed E-state index contributed by atoms with van der Waals surface area (Å²) < 4.78 is 4.92. The second-order valence-electron chi connectivity index (χ2n) is 16.9. The Labute approximate surface area is 357 Å². The standard InChI is InChI=1S/C60H36N2/c1-2-12-43(13-3-1)61-56-20-9-8-17-49(56)50-28-25-39(35-57(50)61)40-26-29-51-55-30-24-38-11-4-5-14-46(38)60(55)62(58(51)36-40)44-27-23-37-21-22-41(33-42(37)34-44)45-31-32-54-48-16-7-6-15-47(48)53-19-10-18-52(45)59(53)54/h1-36H. The second-order valence-corrected chi connectivity index (χ2v) is 16.9. The van der Waals surface area contributed by atoms with E-state index in [1.165, 1.54) is 120 Å². The molecule has 0 radical (unpaired) electrons. The molecule has 1 aliphatic rings. The van der Waals surface area contributed by atoms with Crippen molar-refractivity contribution >= 4 is 75.9 Å². The molecule has 286 valence electrons. The normalized spacial score (nSPS) is 12.2. The van der Waals surface area contributed by atoms with Crippen LogP contribution >= 0.6 is 0 Å². The molecular formula is C60H36N2. The van der Waals surface area contributed by atoms with Crippen molar-refractivity contribution in [1.29, 1.82) is 0 Å². The molecule has 0 amide bonds. The van der Waals surface area contributed by atoms with Gasteiger partial charge in [-0.2, -0.15) is 0 Å². The zero-order valence-electron chi connectivity index (χ0n) is 33.7. The number of nitrogens with zero attached hydrogens (tertiary/aromatic N) is 2. The molecule has 0 saturated heterocycles. The molecule has 2 heteroatoms. The van der Waals surface area contributed by atoms with Gasteiger partial charge in [-0.25, -0.2) is 0 Å². The van der Waals surface area contributed by atoms with Gasteiger partial charge in [-0.15, -0.1) is 0 Å². The van der Waals surface area contributed by atoms with E-state index in [1.54, 1.807) is 0 Å². The van der Waals surface area contributed by atoms with Crippen LogP contribution in [0.1, 0.15) is 0 Å². The average molecular weight is 785 g/mol. The minimum atomic E-state index is 1.15. The van der Waals surface area contributed by atoms with E-state index in [9.17, 15) is 0 Å². The van der Waals surface area contributed by atoms with Gasteiger partial charge in [-0.3, -0.25) is 0 Å². The maximum absolute atomic E-state index is 2.51. The van der Waals surface area contributed by atoms with E-state index in [-0.39, 0.29) is 0 Å². The average Bonchev–Trinajstić information content (AvgIpc) is 3.98. The molecule has 0 fully saturated rings. The van der Waals surface area contributed by atoms with E-state index in [2.05, 4.69) is 228 Å². The summed E-state index contributed by atoms with van der Waals surface area (Å²) in [4.78, 5) is 0. The van der Waals surface area contributed by atoms with Gasteiger partial charge in [-0.05, 0) is 120 Å². The highest BCUT2D eigenvalue weighted by molar-refractivity contribution is 6.21. The Morgan fingerprint density at radius 3 is 1.66 bits per heavy atom. The lowest BCUT2D eigenvalue weighted by molar-refractivity contribution is 1.18. The van der Waals surface area contributed by atoms with Gasteiger partial charge in [-0.1, -0.05) is 170 Å². The smallest absolute Gasteiger partial charge is 0.0619 e. The van der Waals surface area contributed by atoms with Crippen LogP contribution in [0, 0.1) is 0 Å². The first-order valence-electron chi connectivity index (χ1n) is 21.5. The van der Waals surface area contributed by atoms with Crippen molar-refractivity contribution in [3.63, 3.8) is 0 Å². The molecular weight excluding hydrogens is 749 g/mol. The summed E-state index contributed by atoms with van der Waals surface area (Å²) in [6.45, 7) is 0. The van der Waals surface area contributed by atoms with Gasteiger partial charge in [0.1, 0.15) is 0 Å². The summed E-state index contributed by atoms with van der Waals surface area (Å²) in [6.07, 6.45) is 0. The number of aromatic nitrogens is 2. The van der Waals surface area contributed by atoms with Gasteiger partial charge in [0, 0.05) is 38.3 Å². The van der Waals surface area contributed by atoms with E-state index in [0.29, 0.717) is 0 Å². The highest BCUT2D eigenvalue weighted by Crippen LogP contribution is 2.49. The Hall–Kier alpha value is -8.20. The lowest BCUT2D eigenvalue weighted by atomic mass is 9.93. The fraction of sp³-hybridized carbons (Fsp3) is 0. The molecule has 13 aromatic rings. The minimum absolute atomic E-state index is 1.15. The van der Waals surface area contributed by atoms with Crippen molar-refractivity contribution < 1.29 is 0 Å². The van der Waals surface area contributed by atoms with Crippen LogP contribution in [0.15, 0.2) is 218 Å². The van der Waals surface area contributed by atoms with Crippen molar-refractivity contribution in [2.45, 2.75) is 0 Å². The quantitative estimate of drug-likeness (QED) is 0.168. The van der Waals surface area contributed by atoms with Gasteiger partial charge < -0.3 is 9.13 Å². The van der Waals surface area contributed by atoms with E-state index < -0.39 is 0 Å². The fourth-order valence-corrected chi connectivity index (χ4v) is 10.8. The Balaban J connectivity index is 0.976. The maximum atomic E-state index is 2.51. The third kappa shape index (κ3) is 4.69. The second kappa shape index (κ2) is 12.7. The first-order valence-corrected chi connectivity index (χ1v) is 21.5. The van der Waals surface area contributed by atoms with Crippen LogP contribution in [0.3, 0.4) is 0 Å². The van der Waals surface area contributed by atoms with Gasteiger partial charge >= 0.3 is 0 Å². The molecule has 0 unspecified atom stereocenters. The Morgan fingerprint density at radius 2 is 0.823 bits per heavy atom. The largest absolute Gasteiger partial charge is 0.309 e. The number of hydrogen-bond donors (Lipinski definition) is 0. The molecule has 2 nitrogen and oxygen atoms in total. The Kier molecular flexibility index (Phi) is 6.86. The van der Waals surface area contributed by atoms with E-state index >= 15 is 0 Å². The van der Waals surface area contributed by atoms with Crippen molar-refractivity contribution in [3.05, 3.63) is 218 Å². The van der Waals surface area contributed by atoms with Gasteiger partial charge in [0.2, 0.25) is 0 Å². The molecule has 0 saturated carbocycles. The molecule has 2 aromatic heterocycles. The molecule has 0 bridgehead atoms. The number of fused-ring (bicyclic) bond motifs is 12. The third-order valence-corrected chi connectivity index (χ3v) is 13.6. The first kappa shape index (κ1) is 33.6. The van der Waals surface area contributed by atoms with Crippen LogP contribution in [0.4, 0.5) is 0 Å². The monoisotopic (exact) mass is 784 g/mol. The molecule has 14 rings (SSSR count). The zero-order valence-corrected chi connectivity index (χ0v) is 33.7. The highest BCUT2D eigenvalue weighted by Gasteiger charge is 2.23. The van der Waals surface area contributed by atoms with Crippen LogP contribution in [0.2, 0.25) is 0 Å². The van der Waals surface area contributed by atoms with Crippen LogP contribution in [0.5, 0.6) is 0 Å². The minimum Gasteiger partial charge on any atom is -0.309 e. The van der Waals surface area contributed by atoms with E-state index in [1.807, 2.05) is 0 Å². The fourth-order valence-electron chi connectivity index (χ4n) is 10.8. The summed E-state index contributed by atoms with van der Waals surface area (Å²) in [6, 6.07) is 81.1. The van der Waals surface area contributed by atoms with Gasteiger partial charge in [0.15, 0.2) is 0 Å². The summed E-state index contributed by atoms with van der Waals surface area (Å²) in [7, 11) is 0. The SMILES string of the molecule is c1ccc(-n2c3ccccc3c3ccc(-c4ccc5c6ccc7ccccc7c6n(-c6ccc7ccc(-c8ccc9c%10c(cccc8%10)-c8ccccc8-9)cc7c6)c5c4)cc32)cc1. The predicted octanol–water partition coefficient (Wildman–Crippen LogP) is 16.3. The summed E-state index contributed by atoms with van der Waals surface area (Å²) in [5.74, 6) is 0. The van der Waals surface area contributed by atoms with Crippen molar-refractivity contribution in [3.8, 4) is 55.9 Å². The number of benzene rings is 11. The summed E-state index contributed by atoms with van der Waals surface area (Å²) >= 11 is 0. The van der Waals surface area contributed by atoms with Crippen LogP contribution in [-0.2, 0) is 0 Å². The molecule has 0 atom stereocenters. The van der Waals surface area contributed by atoms with Crippen LogP contribution in [-0.4, -0.2) is 9.13 Å². The van der Waals surface area contributed by atoms with E-state index in [4.69, 9.17) is 0 Å². The molecule has 0 spiro atoms.